The lowest BCUT2D eigenvalue weighted by Crippen LogP contribution is -2.53. The van der Waals surface area contributed by atoms with Crippen LogP contribution in [0.3, 0.4) is 0 Å². The molecule has 168 valence electrons. The van der Waals surface area contributed by atoms with Gasteiger partial charge in [0.05, 0.1) is 0 Å². The minimum absolute atomic E-state index is 0.000593. The molecule has 1 unspecified atom stereocenters. The van der Waals surface area contributed by atoms with E-state index in [0.717, 1.165) is 22.3 Å². The van der Waals surface area contributed by atoms with Crippen LogP contribution in [0.15, 0.2) is 48.5 Å². The van der Waals surface area contributed by atoms with Crippen molar-refractivity contribution in [2.45, 2.75) is 58.2 Å². The number of amides is 3. The average Bonchev–Trinajstić information content (AvgIpc) is 3.19. The smallest absolute Gasteiger partial charge is 0.254 e. The van der Waals surface area contributed by atoms with Crippen molar-refractivity contribution < 1.29 is 14.4 Å². The second-order valence-corrected chi connectivity index (χ2v) is 8.90. The molecule has 2 aromatic rings. The highest BCUT2D eigenvalue weighted by atomic mass is 16.2. The Morgan fingerprint density at radius 3 is 2.41 bits per heavy atom. The van der Waals surface area contributed by atoms with E-state index < -0.39 is 6.04 Å². The zero-order valence-corrected chi connectivity index (χ0v) is 18.8. The fraction of sp³-hybridized carbons (Fsp3) is 0.423. The van der Waals surface area contributed by atoms with Gasteiger partial charge in [0.1, 0.15) is 6.04 Å². The van der Waals surface area contributed by atoms with Crippen LogP contribution in [-0.4, -0.2) is 52.7 Å². The molecule has 0 aromatic heterocycles. The van der Waals surface area contributed by atoms with E-state index in [0.29, 0.717) is 45.3 Å². The quantitative estimate of drug-likeness (QED) is 0.787. The van der Waals surface area contributed by atoms with E-state index in [4.69, 9.17) is 0 Å². The summed E-state index contributed by atoms with van der Waals surface area (Å²) in [5.74, 6) is 0.00311. The molecule has 0 spiro atoms. The Morgan fingerprint density at radius 1 is 1.00 bits per heavy atom. The van der Waals surface area contributed by atoms with Crippen LogP contribution in [0.2, 0.25) is 0 Å². The minimum atomic E-state index is -0.419. The van der Waals surface area contributed by atoms with Gasteiger partial charge in [-0.3, -0.25) is 14.4 Å². The summed E-state index contributed by atoms with van der Waals surface area (Å²) in [4.78, 5) is 42.2. The molecule has 2 heterocycles. The van der Waals surface area contributed by atoms with Crippen molar-refractivity contribution in [3.63, 3.8) is 0 Å². The minimum Gasteiger partial charge on any atom is -0.350 e. The summed E-state index contributed by atoms with van der Waals surface area (Å²) in [5, 5.41) is 2.99. The number of piperidine rings is 1. The molecular formula is C26H31N3O3. The average molecular weight is 434 g/mol. The van der Waals surface area contributed by atoms with Crippen LogP contribution in [0.1, 0.15) is 52.7 Å². The topological polar surface area (TPSA) is 69.7 Å². The highest BCUT2D eigenvalue weighted by Gasteiger charge is 2.41. The highest BCUT2D eigenvalue weighted by molar-refractivity contribution is 5.96. The van der Waals surface area contributed by atoms with Gasteiger partial charge in [-0.2, -0.15) is 0 Å². The molecule has 0 aliphatic carbocycles. The molecule has 2 aromatic carbocycles. The van der Waals surface area contributed by atoms with Crippen LogP contribution in [0.4, 0.5) is 0 Å². The lowest BCUT2D eigenvalue weighted by molar-refractivity contribution is -0.138. The molecule has 6 nitrogen and oxygen atoms in total. The molecule has 6 heteroatoms. The van der Waals surface area contributed by atoms with Gasteiger partial charge >= 0.3 is 0 Å². The molecule has 1 atom stereocenters. The second-order valence-electron chi connectivity index (χ2n) is 8.90. The predicted molar refractivity (Wildman–Crippen MR) is 123 cm³/mol. The maximum absolute atomic E-state index is 13.0. The summed E-state index contributed by atoms with van der Waals surface area (Å²) >= 11 is 0. The van der Waals surface area contributed by atoms with Gasteiger partial charge in [-0.15, -0.1) is 0 Å². The fourth-order valence-corrected chi connectivity index (χ4v) is 4.89. The third-order valence-electron chi connectivity index (χ3n) is 6.63. The molecule has 3 amide bonds. The van der Waals surface area contributed by atoms with E-state index in [9.17, 15) is 14.4 Å². The van der Waals surface area contributed by atoms with Gasteiger partial charge in [-0.1, -0.05) is 48.0 Å². The zero-order valence-electron chi connectivity index (χ0n) is 18.8. The molecule has 0 bridgehead atoms. The molecule has 2 saturated heterocycles. The summed E-state index contributed by atoms with van der Waals surface area (Å²) in [5.41, 5.74) is 3.91. The van der Waals surface area contributed by atoms with Gasteiger partial charge in [-0.25, -0.2) is 0 Å². The van der Waals surface area contributed by atoms with Gasteiger partial charge < -0.3 is 15.1 Å². The number of carbonyl (C=O) groups excluding carboxylic acids is 3. The number of nitrogens with zero attached hydrogens (tertiary/aromatic N) is 2. The summed E-state index contributed by atoms with van der Waals surface area (Å²) in [6.07, 6.45) is 2.36. The van der Waals surface area contributed by atoms with Gasteiger partial charge in [0.25, 0.3) is 5.91 Å². The Balaban J connectivity index is 1.36. The lowest BCUT2D eigenvalue weighted by atomic mass is 9.99. The van der Waals surface area contributed by atoms with Gasteiger partial charge in [-0.05, 0) is 50.3 Å². The number of likely N-dealkylation sites (tertiary alicyclic amines) is 2. The van der Waals surface area contributed by atoms with Crippen LogP contribution in [0, 0.1) is 13.8 Å². The van der Waals surface area contributed by atoms with E-state index in [2.05, 4.69) is 5.32 Å². The van der Waals surface area contributed by atoms with E-state index in [1.54, 1.807) is 4.90 Å². The first kappa shape index (κ1) is 22.1. The number of rotatable bonds is 5. The highest BCUT2D eigenvalue weighted by Crippen LogP contribution is 2.28. The van der Waals surface area contributed by atoms with Crippen molar-refractivity contribution in [3.8, 4) is 0 Å². The first-order chi connectivity index (χ1) is 15.4. The van der Waals surface area contributed by atoms with E-state index >= 15 is 0 Å². The van der Waals surface area contributed by atoms with Crippen molar-refractivity contribution in [2.24, 2.45) is 0 Å². The molecular weight excluding hydrogens is 402 g/mol. The number of hydrogen-bond donors (Lipinski definition) is 1. The van der Waals surface area contributed by atoms with Crippen molar-refractivity contribution >= 4 is 17.7 Å². The third-order valence-corrected chi connectivity index (χ3v) is 6.63. The van der Waals surface area contributed by atoms with Gasteiger partial charge in [0, 0.05) is 37.7 Å². The summed E-state index contributed by atoms with van der Waals surface area (Å²) in [6, 6.07) is 15.3. The number of aryl methyl sites for hydroxylation is 2. The number of carbonyl (C=O) groups is 3. The number of hydrogen-bond acceptors (Lipinski definition) is 3. The van der Waals surface area contributed by atoms with Crippen LogP contribution in [0.5, 0.6) is 0 Å². The predicted octanol–water partition coefficient (Wildman–Crippen LogP) is 3.22. The SMILES string of the molecule is Cc1ccc(C(=O)N2CCC(N3C(=O)CCC3C(=O)NCc3ccccc3)CC2)c(C)c1. The van der Waals surface area contributed by atoms with Crippen molar-refractivity contribution in [3.05, 3.63) is 70.8 Å². The normalized spacial score (nSPS) is 19.3. The summed E-state index contributed by atoms with van der Waals surface area (Å²) < 4.78 is 0. The fourth-order valence-electron chi connectivity index (χ4n) is 4.89. The summed E-state index contributed by atoms with van der Waals surface area (Å²) in [6.45, 7) is 5.64. The standard InChI is InChI=1S/C26H31N3O3/c1-18-8-9-22(19(2)16-18)26(32)28-14-12-21(13-15-28)29-23(10-11-24(29)30)25(31)27-17-20-6-4-3-5-7-20/h3-9,16,21,23H,10-15,17H2,1-2H3,(H,27,31). The maximum atomic E-state index is 13.0. The van der Waals surface area contributed by atoms with E-state index in [1.165, 1.54) is 0 Å². The lowest BCUT2D eigenvalue weighted by Gasteiger charge is -2.39. The Labute approximate surface area is 189 Å². The van der Waals surface area contributed by atoms with Crippen LogP contribution in [-0.2, 0) is 16.1 Å². The van der Waals surface area contributed by atoms with Gasteiger partial charge in [0.15, 0.2) is 0 Å². The van der Waals surface area contributed by atoms with Crippen LogP contribution < -0.4 is 5.32 Å². The largest absolute Gasteiger partial charge is 0.350 e. The number of benzene rings is 2. The molecule has 32 heavy (non-hydrogen) atoms. The number of nitrogens with one attached hydrogen (secondary N) is 1. The monoisotopic (exact) mass is 433 g/mol. The zero-order chi connectivity index (χ0) is 22.7. The molecule has 2 fully saturated rings. The third kappa shape index (κ3) is 4.69. The van der Waals surface area contributed by atoms with Gasteiger partial charge in [0.2, 0.25) is 11.8 Å². The summed E-state index contributed by atoms with van der Waals surface area (Å²) in [7, 11) is 0. The Hall–Kier alpha value is -3.15. The molecule has 0 saturated carbocycles. The Kier molecular flexibility index (Phi) is 6.58. The Bertz CT molecular complexity index is 997. The molecule has 1 N–H and O–H groups in total. The van der Waals surface area contributed by atoms with E-state index in [-0.39, 0.29) is 23.8 Å². The second kappa shape index (κ2) is 9.55. The van der Waals surface area contributed by atoms with Crippen molar-refractivity contribution in [1.82, 2.24) is 15.1 Å². The van der Waals surface area contributed by atoms with E-state index in [1.807, 2.05) is 67.3 Å². The van der Waals surface area contributed by atoms with Crippen molar-refractivity contribution in [1.29, 1.82) is 0 Å². The first-order valence-electron chi connectivity index (χ1n) is 11.4. The first-order valence-corrected chi connectivity index (χ1v) is 11.4. The Morgan fingerprint density at radius 2 is 1.72 bits per heavy atom. The molecule has 2 aliphatic heterocycles. The molecule has 2 aliphatic rings. The molecule has 0 radical (unpaired) electrons. The van der Waals surface area contributed by atoms with Crippen molar-refractivity contribution in [2.75, 3.05) is 13.1 Å². The van der Waals surface area contributed by atoms with Crippen LogP contribution in [0.25, 0.3) is 0 Å². The van der Waals surface area contributed by atoms with Crippen LogP contribution >= 0.6 is 0 Å². The maximum Gasteiger partial charge on any atom is 0.254 e. The molecule has 4 rings (SSSR count).